The van der Waals surface area contributed by atoms with Crippen LogP contribution in [0.3, 0.4) is 0 Å². The standard InChI is InChI=1S/C15H24N4O/c1-3-8-16-13(4-2)6-5-10-18-11-12-19-14(15(18)20)7-9-17-19/h7,9,11-13,16H,3-6,8,10H2,1-2H3. The van der Waals surface area contributed by atoms with E-state index in [0.29, 0.717) is 11.6 Å². The van der Waals surface area contributed by atoms with Crippen molar-refractivity contribution in [1.82, 2.24) is 19.5 Å². The molecule has 0 radical (unpaired) electrons. The van der Waals surface area contributed by atoms with Gasteiger partial charge in [0, 0.05) is 25.0 Å². The van der Waals surface area contributed by atoms with Crippen LogP contribution in [0.25, 0.3) is 5.52 Å². The van der Waals surface area contributed by atoms with Gasteiger partial charge in [0.05, 0.1) is 6.20 Å². The van der Waals surface area contributed by atoms with Crippen molar-refractivity contribution >= 4 is 5.52 Å². The lowest BCUT2D eigenvalue weighted by atomic mass is 10.1. The number of nitrogens with one attached hydrogen (secondary N) is 1. The van der Waals surface area contributed by atoms with Crippen LogP contribution in [0.5, 0.6) is 0 Å². The minimum atomic E-state index is 0.0413. The molecule has 0 aliphatic carbocycles. The number of aromatic nitrogens is 3. The molecule has 0 aliphatic heterocycles. The van der Waals surface area contributed by atoms with Crippen LogP contribution >= 0.6 is 0 Å². The number of aryl methyl sites for hydroxylation is 1. The third-order valence-corrected chi connectivity index (χ3v) is 3.67. The molecule has 0 aromatic carbocycles. The Balaban J connectivity index is 1.92. The van der Waals surface area contributed by atoms with Crippen molar-refractivity contribution in [2.24, 2.45) is 0 Å². The molecule has 5 heteroatoms. The van der Waals surface area contributed by atoms with Crippen LogP contribution in [0.4, 0.5) is 0 Å². The van der Waals surface area contributed by atoms with E-state index in [0.717, 1.165) is 38.8 Å². The van der Waals surface area contributed by atoms with Gasteiger partial charge in [-0.1, -0.05) is 13.8 Å². The summed E-state index contributed by atoms with van der Waals surface area (Å²) in [6.07, 6.45) is 9.73. The lowest BCUT2D eigenvalue weighted by Gasteiger charge is -2.16. The average Bonchev–Trinajstić information content (AvgIpc) is 2.94. The molecule has 0 amide bonds. The van der Waals surface area contributed by atoms with Crippen LogP contribution in [0.15, 0.2) is 29.5 Å². The van der Waals surface area contributed by atoms with E-state index >= 15 is 0 Å². The molecular weight excluding hydrogens is 252 g/mol. The van der Waals surface area contributed by atoms with E-state index < -0.39 is 0 Å². The average molecular weight is 276 g/mol. The third kappa shape index (κ3) is 3.48. The molecule has 1 atom stereocenters. The summed E-state index contributed by atoms with van der Waals surface area (Å²) in [5.74, 6) is 0. The number of rotatable bonds is 8. The fraction of sp³-hybridized carbons (Fsp3) is 0.600. The summed E-state index contributed by atoms with van der Waals surface area (Å²) in [7, 11) is 0. The highest BCUT2D eigenvalue weighted by molar-refractivity contribution is 5.42. The van der Waals surface area contributed by atoms with E-state index in [9.17, 15) is 4.79 Å². The molecule has 5 nitrogen and oxygen atoms in total. The van der Waals surface area contributed by atoms with Crippen molar-refractivity contribution in [1.29, 1.82) is 0 Å². The van der Waals surface area contributed by atoms with Gasteiger partial charge in [-0.05, 0) is 38.3 Å². The molecule has 0 aliphatic rings. The summed E-state index contributed by atoms with van der Waals surface area (Å²) < 4.78 is 3.40. The van der Waals surface area contributed by atoms with Crippen LogP contribution in [0, 0.1) is 0 Å². The van der Waals surface area contributed by atoms with Crippen LogP contribution in [0.2, 0.25) is 0 Å². The molecule has 2 aromatic heterocycles. The fourth-order valence-corrected chi connectivity index (χ4v) is 2.44. The first-order valence-electron chi connectivity index (χ1n) is 7.52. The fourth-order valence-electron chi connectivity index (χ4n) is 2.44. The highest BCUT2D eigenvalue weighted by Crippen LogP contribution is 2.04. The van der Waals surface area contributed by atoms with E-state index in [1.54, 1.807) is 21.3 Å². The van der Waals surface area contributed by atoms with Gasteiger partial charge in [-0.3, -0.25) is 4.79 Å². The monoisotopic (exact) mass is 276 g/mol. The van der Waals surface area contributed by atoms with Crippen molar-refractivity contribution in [3.8, 4) is 0 Å². The highest BCUT2D eigenvalue weighted by atomic mass is 16.1. The Morgan fingerprint density at radius 1 is 1.35 bits per heavy atom. The molecule has 0 bridgehead atoms. The van der Waals surface area contributed by atoms with Gasteiger partial charge in [0.25, 0.3) is 5.56 Å². The first kappa shape index (κ1) is 14.8. The van der Waals surface area contributed by atoms with Gasteiger partial charge in [-0.2, -0.15) is 5.10 Å². The second-order valence-corrected chi connectivity index (χ2v) is 5.16. The molecule has 0 saturated carbocycles. The molecule has 0 spiro atoms. The molecule has 1 unspecified atom stereocenters. The number of hydrogen-bond acceptors (Lipinski definition) is 3. The quantitative estimate of drug-likeness (QED) is 0.803. The van der Waals surface area contributed by atoms with Gasteiger partial charge in [0.1, 0.15) is 5.52 Å². The minimum Gasteiger partial charge on any atom is -0.314 e. The van der Waals surface area contributed by atoms with Gasteiger partial charge >= 0.3 is 0 Å². The second-order valence-electron chi connectivity index (χ2n) is 5.16. The van der Waals surface area contributed by atoms with E-state index in [2.05, 4.69) is 24.3 Å². The molecule has 20 heavy (non-hydrogen) atoms. The first-order valence-corrected chi connectivity index (χ1v) is 7.52. The van der Waals surface area contributed by atoms with Crippen molar-refractivity contribution in [3.05, 3.63) is 35.0 Å². The Kier molecular flexibility index (Phi) is 5.35. The van der Waals surface area contributed by atoms with E-state index in [1.807, 2.05) is 12.4 Å². The Labute approximate surface area is 119 Å². The Hall–Kier alpha value is -1.62. The van der Waals surface area contributed by atoms with Gasteiger partial charge in [0.2, 0.25) is 0 Å². The summed E-state index contributed by atoms with van der Waals surface area (Å²) in [5.41, 5.74) is 0.684. The zero-order chi connectivity index (χ0) is 14.4. The SMILES string of the molecule is CCCNC(CC)CCCn1ccn2nccc2c1=O. The zero-order valence-electron chi connectivity index (χ0n) is 12.4. The third-order valence-electron chi connectivity index (χ3n) is 3.67. The molecular formula is C15H24N4O. The van der Waals surface area contributed by atoms with Crippen molar-refractivity contribution in [2.75, 3.05) is 6.54 Å². The maximum absolute atomic E-state index is 12.2. The number of fused-ring (bicyclic) bond motifs is 1. The molecule has 0 fully saturated rings. The minimum absolute atomic E-state index is 0.0413. The smallest absolute Gasteiger partial charge is 0.276 e. The Morgan fingerprint density at radius 2 is 2.20 bits per heavy atom. The summed E-state index contributed by atoms with van der Waals surface area (Å²) in [5, 5.41) is 7.61. The molecule has 1 N–H and O–H groups in total. The summed E-state index contributed by atoms with van der Waals surface area (Å²) in [4.78, 5) is 12.2. The van der Waals surface area contributed by atoms with Crippen LogP contribution in [-0.2, 0) is 6.54 Å². The van der Waals surface area contributed by atoms with Gasteiger partial charge < -0.3 is 9.88 Å². The topological polar surface area (TPSA) is 51.3 Å². The van der Waals surface area contributed by atoms with Crippen LogP contribution in [-0.4, -0.2) is 26.8 Å². The van der Waals surface area contributed by atoms with Gasteiger partial charge in [-0.25, -0.2) is 4.52 Å². The lowest BCUT2D eigenvalue weighted by molar-refractivity contribution is 0.437. The summed E-state index contributed by atoms with van der Waals surface area (Å²) in [6.45, 7) is 6.23. The van der Waals surface area contributed by atoms with E-state index in [1.165, 1.54) is 0 Å². The second kappa shape index (κ2) is 7.24. The molecule has 0 saturated heterocycles. The highest BCUT2D eigenvalue weighted by Gasteiger charge is 2.06. The molecule has 2 aromatic rings. The summed E-state index contributed by atoms with van der Waals surface area (Å²) >= 11 is 0. The molecule has 110 valence electrons. The zero-order valence-corrected chi connectivity index (χ0v) is 12.4. The normalized spacial score (nSPS) is 12.9. The van der Waals surface area contributed by atoms with Gasteiger partial charge in [0.15, 0.2) is 0 Å². The van der Waals surface area contributed by atoms with Gasteiger partial charge in [-0.15, -0.1) is 0 Å². The molecule has 2 rings (SSSR count). The largest absolute Gasteiger partial charge is 0.314 e. The predicted molar refractivity (Wildman–Crippen MR) is 81.1 cm³/mol. The van der Waals surface area contributed by atoms with E-state index in [-0.39, 0.29) is 5.56 Å². The van der Waals surface area contributed by atoms with Crippen molar-refractivity contribution in [2.45, 2.75) is 52.1 Å². The number of nitrogens with zero attached hydrogens (tertiary/aromatic N) is 3. The first-order chi connectivity index (χ1) is 9.76. The Bertz CT molecular complexity index is 587. The Morgan fingerprint density at radius 3 is 2.95 bits per heavy atom. The maximum Gasteiger partial charge on any atom is 0.276 e. The van der Waals surface area contributed by atoms with Crippen LogP contribution in [0.1, 0.15) is 39.5 Å². The van der Waals surface area contributed by atoms with Crippen LogP contribution < -0.4 is 10.9 Å². The predicted octanol–water partition coefficient (Wildman–Crippen LogP) is 2.05. The van der Waals surface area contributed by atoms with E-state index in [4.69, 9.17) is 0 Å². The summed E-state index contributed by atoms with van der Waals surface area (Å²) in [6, 6.07) is 2.32. The molecule has 2 heterocycles. The maximum atomic E-state index is 12.2. The van der Waals surface area contributed by atoms with Crippen molar-refractivity contribution in [3.63, 3.8) is 0 Å². The number of hydrogen-bond donors (Lipinski definition) is 1. The van der Waals surface area contributed by atoms with Crippen molar-refractivity contribution < 1.29 is 0 Å². The lowest BCUT2D eigenvalue weighted by Crippen LogP contribution is -2.30.